The number of Topliss-reactive ketones (excluding diaryl/α,β-unsaturated/α-hetero) is 1. The maximum atomic E-state index is 13.7. The highest BCUT2D eigenvalue weighted by Gasteiger charge is 2.29. The van der Waals surface area contributed by atoms with Crippen molar-refractivity contribution in [1.82, 2.24) is 14.3 Å². The number of hydrogen-bond acceptors (Lipinski definition) is 4. The molecule has 186 valence electrons. The molecular formula is C29H24FN3O3S. The SMILES string of the molecule is O=C(CC1CCS(=O)(=O)C1)c1ccc2c(-c3ccc(-n4cccn4)cc3)cn(-c3ccc(F)cc3)c2c1. The van der Waals surface area contributed by atoms with E-state index in [9.17, 15) is 17.6 Å². The van der Waals surface area contributed by atoms with E-state index in [4.69, 9.17) is 0 Å². The minimum absolute atomic E-state index is 0.0685. The number of rotatable bonds is 6. The van der Waals surface area contributed by atoms with Gasteiger partial charge in [-0.25, -0.2) is 17.5 Å². The Morgan fingerprint density at radius 3 is 2.43 bits per heavy atom. The van der Waals surface area contributed by atoms with E-state index in [0.717, 1.165) is 33.4 Å². The number of ketones is 1. The summed E-state index contributed by atoms with van der Waals surface area (Å²) in [4.78, 5) is 13.1. The number of carbonyl (C=O) groups is 1. The van der Waals surface area contributed by atoms with Crippen molar-refractivity contribution in [3.63, 3.8) is 0 Å². The number of aromatic nitrogens is 3. The first-order valence-electron chi connectivity index (χ1n) is 12.1. The van der Waals surface area contributed by atoms with Crippen molar-refractivity contribution in [3.05, 3.63) is 103 Å². The summed E-state index contributed by atoms with van der Waals surface area (Å²) in [6.45, 7) is 0. The topological polar surface area (TPSA) is 74.0 Å². The number of sulfone groups is 1. The van der Waals surface area contributed by atoms with Crippen LogP contribution in [0.5, 0.6) is 0 Å². The monoisotopic (exact) mass is 513 g/mol. The second-order valence-electron chi connectivity index (χ2n) is 9.51. The highest BCUT2D eigenvalue weighted by atomic mass is 32.2. The van der Waals surface area contributed by atoms with Gasteiger partial charge < -0.3 is 4.57 Å². The van der Waals surface area contributed by atoms with Crippen molar-refractivity contribution in [1.29, 1.82) is 0 Å². The Balaban J connectivity index is 1.41. The normalized spacial score (nSPS) is 16.8. The smallest absolute Gasteiger partial charge is 0.163 e. The first-order chi connectivity index (χ1) is 17.9. The van der Waals surface area contributed by atoms with Gasteiger partial charge in [-0.2, -0.15) is 5.10 Å². The third kappa shape index (κ3) is 4.60. The Morgan fingerprint density at radius 2 is 1.76 bits per heavy atom. The second-order valence-corrected chi connectivity index (χ2v) is 11.7. The molecule has 6 nitrogen and oxygen atoms in total. The summed E-state index contributed by atoms with van der Waals surface area (Å²) >= 11 is 0. The van der Waals surface area contributed by atoms with Crippen molar-refractivity contribution in [2.45, 2.75) is 12.8 Å². The molecule has 0 spiro atoms. The lowest BCUT2D eigenvalue weighted by molar-refractivity contribution is 0.0966. The molecule has 1 fully saturated rings. The van der Waals surface area contributed by atoms with Gasteiger partial charge in [0.1, 0.15) is 5.82 Å². The minimum atomic E-state index is -3.04. The molecule has 3 heterocycles. The number of fused-ring (bicyclic) bond motifs is 1. The average molecular weight is 514 g/mol. The molecule has 1 unspecified atom stereocenters. The largest absolute Gasteiger partial charge is 0.316 e. The van der Waals surface area contributed by atoms with Crippen molar-refractivity contribution in [3.8, 4) is 22.5 Å². The maximum Gasteiger partial charge on any atom is 0.163 e. The predicted molar refractivity (Wildman–Crippen MR) is 141 cm³/mol. The van der Waals surface area contributed by atoms with E-state index in [0.29, 0.717) is 12.0 Å². The molecule has 6 rings (SSSR count). The zero-order valence-corrected chi connectivity index (χ0v) is 20.7. The third-order valence-corrected chi connectivity index (χ3v) is 8.82. The van der Waals surface area contributed by atoms with Gasteiger partial charge in [0.2, 0.25) is 0 Å². The van der Waals surface area contributed by atoms with Crippen LogP contribution in [-0.2, 0) is 9.84 Å². The van der Waals surface area contributed by atoms with Gasteiger partial charge in [-0.15, -0.1) is 0 Å². The van der Waals surface area contributed by atoms with Gasteiger partial charge in [-0.3, -0.25) is 4.79 Å². The Kier molecular flexibility index (Phi) is 5.76. The van der Waals surface area contributed by atoms with Crippen LogP contribution in [0, 0.1) is 11.7 Å². The molecule has 0 saturated carbocycles. The highest BCUT2D eigenvalue weighted by molar-refractivity contribution is 7.91. The Hall–Kier alpha value is -4.04. The lowest BCUT2D eigenvalue weighted by atomic mass is 9.96. The van der Waals surface area contributed by atoms with Gasteiger partial charge in [0, 0.05) is 47.2 Å². The summed E-state index contributed by atoms with van der Waals surface area (Å²) in [6, 6.07) is 21.8. The van der Waals surface area contributed by atoms with E-state index in [1.165, 1.54) is 12.1 Å². The molecular weight excluding hydrogens is 489 g/mol. The molecule has 0 bridgehead atoms. The molecule has 1 aliphatic rings. The van der Waals surface area contributed by atoms with Crippen LogP contribution < -0.4 is 0 Å². The lowest BCUT2D eigenvalue weighted by Crippen LogP contribution is -2.10. The van der Waals surface area contributed by atoms with Crippen molar-refractivity contribution in [2.24, 2.45) is 5.92 Å². The van der Waals surface area contributed by atoms with E-state index in [1.807, 2.05) is 65.5 Å². The van der Waals surface area contributed by atoms with Gasteiger partial charge in [0.15, 0.2) is 15.6 Å². The van der Waals surface area contributed by atoms with Crippen LogP contribution in [0.4, 0.5) is 4.39 Å². The number of benzene rings is 3. The molecule has 0 radical (unpaired) electrons. The Bertz CT molecular complexity index is 1710. The summed E-state index contributed by atoms with van der Waals surface area (Å²) < 4.78 is 41.1. The van der Waals surface area contributed by atoms with Gasteiger partial charge in [0.25, 0.3) is 0 Å². The van der Waals surface area contributed by atoms with Crippen LogP contribution in [0.1, 0.15) is 23.2 Å². The van der Waals surface area contributed by atoms with Crippen molar-refractivity contribution in [2.75, 3.05) is 11.5 Å². The molecule has 1 saturated heterocycles. The van der Waals surface area contributed by atoms with Crippen LogP contribution in [0.25, 0.3) is 33.4 Å². The molecule has 0 aliphatic carbocycles. The van der Waals surface area contributed by atoms with E-state index in [-0.39, 0.29) is 35.4 Å². The summed E-state index contributed by atoms with van der Waals surface area (Å²) in [5.41, 5.74) is 5.06. The molecule has 3 aromatic carbocycles. The number of halogens is 1. The number of hydrogen-bond donors (Lipinski definition) is 0. The van der Waals surface area contributed by atoms with Crippen LogP contribution in [0.2, 0.25) is 0 Å². The standard InChI is InChI=1S/C29H24FN3O3S/c30-23-5-9-24(10-6-23)32-18-27(21-2-7-25(8-3-21)33-14-1-13-31-33)26-11-4-22(17-28(26)32)29(34)16-20-12-15-37(35,36)19-20/h1-11,13-14,17-18,20H,12,15-16,19H2. The molecule has 1 aliphatic heterocycles. The molecule has 0 N–H and O–H groups in total. The van der Waals surface area contributed by atoms with Crippen LogP contribution >= 0.6 is 0 Å². The van der Waals surface area contributed by atoms with Crippen molar-refractivity contribution >= 4 is 26.5 Å². The summed E-state index contributed by atoms with van der Waals surface area (Å²) in [7, 11) is -3.04. The van der Waals surface area contributed by atoms with E-state index in [1.54, 1.807) is 23.0 Å². The second kappa shape index (κ2) is 9.12. The van der Waals surface area contributed by atoms with Crippen molar-refractivity contribution < 1.29 is 17.6 Å². The molecule has 2 aromatic heterocycles. The quantitative estimate of drug-likeness (QED) is 0.276. The number of carbonyl (C=O) groups excluding carboxylic acids is 1. The van der Waals surface area contributed by atoms with E-state index >= 15 is 0 Å². The zero-order valence-electron chi connectivity index (χ0n) is 19.9. The fraction of sp³-hybridized carbons (Fsp3) is 0.172. The molecule has 8 heteroatoms. The fourth-order valence-corrected chi connectivity index (χ4v) is 6.94. The molecule has 1 atom stereocenters. The van der Waals surface area contributed by atoms with Gasteiger partial charge >= 0.3 is 0 Å². The zero-order chi connectivity index (χ0) is 25.6. The highest BCUT2D eigenvalue weighted by Crippen LogP contribution is 2.34. The fourth-order valence-electron chi connectivity index (χ4n) is 5.07. The van der Waals surface area contributed by atoms with Crippen LogP contribution in [0.15, 0.2) is 91.4 Å². The average Bonchev–Trinajstić information content (AvgIpc) is 3.63. The van der Waals surface area contributed by atoms with Gasteiger partial charge in [-0.1, -0.05) is 24.3 Å². The first kappa shape index (κ1) is 23.4. The Labute approximate surface area is 213 Å². The maximum absolute atomic E-state index is 13.7. The lowest BCUT2D eigenvalue weighted by Gasteiger charge is -2.09. The molecule has 37 heavy (non-hydrogen) atoms. The molecule has 0 amide bonds. The summed E-state index contributed by atoms with van der Waals surface area (Å²) in [5.74, 6) is -0.301. The minimum Gasteiger partial charge on any atom is -0.316 e. The van der Waals surface area contributed by atoms with Crippen LogP contribution in [0.3, 0.4) is 0 Å². The van der Waals surface area contributed by atoms with E-state index in [2.05, 4.69) is 5.10 Å². The van der Waals surface area contributed by atoms with Gasteiger partial charge in [0.05, 0.1) is 22.7 Å². The van der Waals surface area contributed by atoms with E-state index < -0.39 is 9.84 Å². The predicted octanol–water partition coefficient (Wildman–Crippen LogP) is 5.63. The van der Waals surface area contributed by atoms with Gasteiger partial charge in [-0.05, 0) is 66.4 Å². The summed E-state index contributed by atoms with van der Waals surface area (Å²) in [6.07, 6.45) is 6.35. The van der Waals surface area contributed by atoms with Crippen LogP contribution in [-0.4, -0.2) is 40.1 Å². The first-order valence-corrected chi connectivity index (χ1v) is 13.9. The Morgan fingerprint density at radius 1 is 1.00 bits per heavy atom. The third-order valence-electron chi connectivity index (χ3n) is 6.98. The summed E-state index contributed by atoms with van der Waals surface area (Å²) in [5, 5.41) is 5.23. The molecule has 5 aromatic rings. The number of nitrogens with zero attached hydrogens (tertiary/aromatic N) is 3.